The molecule has 1 nitrogen and oxygen atoms in total. The molecule has 1 saturated heterocycles. The number of aryl methyl sites for hydroxylation is 2. The normalized spacial score (nSPS) is 19.8. The number of hydrogen-bond donors (Lipinski definition) is 0. The summed E-state index contributed by atoms with van der Waals surface area (Å²) in [6.45, 7) is 9.77. The molecule has 1 aliphatic carbocycles. The molecule has 2 fully saturated rings. The summed E-state index contributed by atoms with van der Waals surface area (Å²) >= 11 is 0. The minimum Gasteiger partial charge on any atom is -0.200 e. The fourth-order valence-electron chi connectivity index (χ4n) is 6.52. The maximum Gasteiger partial charge on any atom is 0.220 e. The molecule has 2 aromatic carbocycles. The number of benzene rings is 2. The van der Waals surface area contributed by atoms with Gasteiger partial charge in [0, 0.05) is 14.1 Å². The van der Waals surface area contributed by atoms with Crippen LogP contribution in [0.15, 0.2) is 42.6 Å². The zero-order valence-corrected chi connectivity index (χ0v) is 22.5. The van der Waals surface area contributed by atoms with E-state index in [0.717, 1.165) is 11.8 Å². The highest BCUT2D eigenvalue weighted by Crippen LogP contribution is 2.41. The van der Waals surface area contributed by atoms with Crippen molar-refractivity contribution in [3.05, 3.63) is 64.8 Å². The van der Waals surface area contributed by atoms with Crippen LogP contribution in [0.4, 0.5) is 0 Å². The zero-order chi connectivity index (χ0) is 23.2. The van der Waals surface area contributed by atoms with Gasteiger partial charge in [0.25, 0.3) is 0 Å². The molecule has 5 rings (SSSR count). The van der Waals surface area contributed by atoms with E-state index in [9.17, 15) is 0 Å². The molecule has 1 saturated carbocycles. The SMILES string of the molecule is Cc1cc(C2CCCCC2)cc(-c2c3ccc(C4CC[Si](C)(C)CC4)cc3cc[n+]2C)c1C. The average molecular weight is 457 g/mol. The van der Waals surface area contributed by atoms with Crippen molar-refractivity contribution in [1.82, 2.24) is 0 Å². The smallest absolute Gasteiger partial charge is 0.200 e. The largest absolute Gasteiger partial charge is 0.220 e. The molecule has 2 heteroatoms. The Hall–Kier alpha value is -1.93. The molecule has 2 aliphatic rings. The maximum absolute atomic E-state index is 2.57. The molecule has 1 aromatic heterocycles. The van der Waals surface area contributed by atoms with E-state index in [-0.39, 0.29) is 0 Å². The first kappa shape index (κ1) is 22.8. The predicted octanol–water partition coefficient (Wildman–Crippen LogP) is 8.58. The summed E-state index contributed by atoms with van der Waals surface area (Å²) in [4.78, 5) is 0. The van der Waals surface area contributed by atoms with Crippen molar-refractivity contribution < 1.29 is 4.57 Å². The van der Waals surface area contributed by atoms with Gasteiger partial charge in [0.05, 0.1) is 10.9 Å². The molecule has 0 N–H and O–H groups in total. The van der Waals surface area contributed by atoms with Gasteiger partial charge in [-0.25, -0.2) is 4.57 Å². The summed E-state index contributed by atoms with van der Waals surface area (Å²) in [5, 5.41) is 2.81. The third kappa shape index (κ3) is 4.56. The highest BCUT2D eigenvalue weighted by Gasteiger charge is 2.29. The lowest BCUT2D eigenvalue weighted by Gasteiger charge is -2.33. The Kier molecular flexibility index (Phi) is 6.24. The zero-order valence-electron chi connectivity index (χ0n) is 21.5. The van der Waals surface area contributed by atoms with E-state index >= 15 is 0 Å². The fourth-order valence-corrected chi connectivity index (χ4v) is 9.03. The molecule has 0 atom stereocenters. The Labute approximate surface area is 202 Å². The van der Waals surface area contributed by atoms with Gasteiger partial charge in [-0.1, -0.05) is 62.6 Å². The molecule has 1 aliphatic heterocycles. The Morgan fingerprint density at radius 2 is 1.48 bits per heavy atom. The van der Waals surface area contributed by atoms with Crippen molar-refractivity contribution in [2.45, 2.75) is 95.8 Å². The van der Waals surface area contributed by atoms with E-state index in [0.29, 0.717) is 0 Å². The van der Waals surface area contributed by atoms with Crippen LogP contribution in [0.1, 0.15) is 79.0 Å². The Balaban J connectivity index is 1.57. The first-order chi connectivity index (χ1) is 15.8. The molecule has 0 amide bonds. The second kappa shape index (κ2) is 9.02. The Morgan fingerprint density at radius 3 is 2.21 bits per heavy atom. The molecule has 0 unspecified atom stereocenters. The monoisotopic (exact) mass is 456 g/mol. The quantitative estimate of drug-likeness (QED) is 0.274. The van der Waals surface area contributed by atoms with Crippen LogP contribution in [0.5, 0.6) is 0 Å². The predicted molar refractivity (Wildman–Crippen MR) is 145 cm³/mol. The summed E-state index contributed by atoms with van der Waals surface area (Å²) in [5.74, 6) is 1.49. The summed E-state index contributed by atoms with van der Waals surface area (Å²) in [6.07, 6.45) is 12.0. The lowest BCUT2D eigenvalue weighted by molar-refractivity contribution is -0.659. The number of nitrogens with zero attached hydrogens (tertiary/aromatic N) is 1. The number of pyridine rings is 1. The van der Waals surface area contributed by atoms with Crippen LogP contribution in [0.3, 0.4) is 0 Å². The highest BCUT2D eigenvalue weighted by atomic mass is 28.3. The van der Waals surface area contributed by atoms with E-state index < -0.39 is 8.07 Å². The summed E-state index contributed by atoms with van der Waals surface area (Å²) in [7, 11) is 1.31. The number of fused-ring (bicyclic) bond motifs is 1. The number of hydrogen-bond acceptors (Lipinski definition) is 0. The number of rotatable bonds is 3. The second-order valence-electron chi connectivity index (χ2n) is 11.9. The van der Waals surface area contributed by atoms with Crippen molar-refractivity contribution >= 4 is 18.8 Å². The van der Waals surface area contributed by atoms with Crippen LogP contribution in [0.25, 0.3) is 22.0 Å². The van der Waals surface area contributed by atoms with Crippen molar-refractivity contribution in [3.8, 4) is 11.3 Å². The minimum absolute atomic E-state index is 0.739. The van der Waals surface area contributed by atoms with Crippen LogP contribution in [-0.2, 0) is 7.05 Å². The third-order valence-corrected chi connectivity index (χ3v) is 12.3. The van der Waals surface area contributed by atoms with Gasteiger partial charge in [0.2, 0.25) is 5.69 Å². The van der Waals surface area contributed by atoms with Gasteiger partial charge in [0.1, 0.15) is 7.05 Å². The second-order valence-corrected chi connectivity index (χ2v) is 17.2. The van der Waals surface area contributed by atoms with Crippen molar-refractivity contribution in [2.75, 3.05) is 0 Å². The molecule has 0 bridgehead atoms. The van der Waals surface area contributed by atoms with Gasteiger partial charge in [-0.15, -0.1) is 0 Å². The van der Waals surface area contributed by atoms with E-state index in [2.05, 4.69) is 81.2 Å². The van der Waals surface area contributed by atoms with E-state index in [1.165, 1.54) is 90.2 Å². The number of aromatic nitrogens is 1. The lowest BCUT2D eigenvalue weighted by Crippen LogP contribution is -2.31. The molecular weight excluding hydrogens is 414 g/mol. The average Bonchev–Trinajstić information content (AvgIpc) is 2.81. The fraction of sp³-hybridized carbons (Fsp3) is 0.516. The van der Waals surface area contributed by atoms with E-state index in [1.807, 2.05) is 0 Å². The molecule has 174 valence electrons. The van der Waals surface area contributed by atoms with Crippen LogP contribution in [0.2, 0.25) is 25.2 Å². The lowest BCUT2D eigenvalue weighted by atomic mass is 9.81. The van der Waals surface area contributed by atoms with E-state index in [1.54, 1.807) is 11.1 Å². The molecular formula is C31H42NSi+. The van der Waals surface area contributed by atoms with E-state index in [4.69, 9.17) is 0 Å². The maximum atomic E-state index is 2.57. The van der Waals surface area contributed by atoms with Crippen molar-refractivity contribution in [2.24, 2.45) is 7.05 Å². The van der Waals surface area contributed by atoms with Crippen LogP contribution < -0.4 is 4.57 Å². The Bertz CT molecular complexity index is 1160. The van der Waals surface area contributed by atoms with Gasteiger partial charge in [0.15, 0.2) is 6.20 Å². The first-order valence-corrected chi connectivity index (χ1v) is 16.8. The van der Waals surface area contributed by atoms with Crippen LogP contribution in [-0.4, -0.2) is 8.07 Å². The molecule has 0 spiro atoms. The minimum atomic E-state index is -0.914. The van der Waals surface area contributed by atoms with Crippen LogP contribution >= 0.6 is 0 Å². The van der Waals surface area contributed by atoms with Crippen molar-refractivity contribution in [1.29, 1.82) is 0 Å². The molecule has 33 heavy (non-hydrogen) atoms. The Morgan fingerprint density at radius 1 is 0.788 bits per heavy atom. The molecule has 0 radical (unpaired) electrons. The third-order valence-electron chi connectivity index (χ3n) is 8.99. The van der Waals surface area contributed by atoms with Crippen molar-refractivity contribution in [3.63, 3.8) is 0 Å². The van der Waals surface area contributed by atoms with Crippen LogP contribution in [0, 0.1) is 13.8 Å². The first-order valence-electron chi connectivity index (χ1n) is 13.4. The van der Waals surface area contributed by atoms with Gasteiger partial charge in [-0.05, 0) is 91.1 Å². The summed E-state index contributed by atoms with van der Waals surface area (Å²) in [6, 6.07) is 17.7. The standard InChI is InChI=1S/C31H42NSi/c1-22-19-28(24-9-7-6-8-10-24)21-30(23(22)2)31-29-12-11-26(20-27(29)13-16-32(31)3)25-14-17-33(4,5)18-15-25/h11-13,16,19-21,24-25H,6-10,14-15,17-18H2,1-5H3/q+1. The van der Waals surface area contributed by atoms with Gasteiger partial charge in [-0.3, -0.25) is 0 Å². The van der Waals surface area contributed by atoms with Gasteiger partial charge in [-0.2, -0.15) is 0 Å². The van der Waals surface area contributed by atoms with Gasteiger partial charge < -0.3 is 0 Å². The highest BCUT2D eigenvalue weighted by molar-refractivity contribution is 6.77. The molecule has 2 heterocycles. The summed E-state index contributed by atoms with van der Waals surface area (Å²) in [5.41, 5.74) is 8.82. The summed E-state index contributed by atoms with van der Waals surface area (Å²) < 4.78 is 2.35. The van der Waals surface area contributed by atoms with Gasteiger partial charge >= 0.3 is 0 Å². The topological polar surface area (TPSA) is 3.88 Å². The molecule has 3 aromatic rings.